The molecular weight excluding hydrogens is 465 g/mol. The Kier molecular flexibility index (Phi) is 6.25. The molecule has 1 amide bonds. The number of fused-ring (bicyclic) bond motifs is 1. The number of imidazole rings is 1. The van der Waals surface area contributed by atoms with Gasteiger partial charge in [0.2, 0.25) is 0 Å². The van der Waals surface area contributed by atoms with Gasteiger partial charge in [-0.1, -0.05) is 11.3 Å². The largest absolute Gasteiger partial charge is 0.494 e. The van der Waals surface area contributed by atoms with Crippen molar-refractivity contribution in [2.24, 2.45) is 11.6 Å². The zero-order valence-electron chi connectivity index (χ0n) is 19.6. The van der Waals surface area contributed by atoms with Gasteiger partial charge in [-0.05, 0) is 42.5 Å². The van der Waals surface area contributed by atoms with Crippen LogP contribution in [0.1, 0.15) is 51.6 Å². The lowest BCUT2D eigenvalue weighted by molar-refractivity contribution is 0.0945. The Morgan fingerprint density at radius 3 is 2.83 bits per heavy atom. The lowest BCUT2D eigenvalue weighted by Crippen LogP contribution is -2.25. The summed E-state index contributed by atoms with van der Waals surface area (Å²) in [5, 5.41) is 10.7. The predicted octanol–water partition coefficient (Wildman–Crippen LogP) is 1.65. The van der Waals surface area contributed by atoms with Crippen LogP contribution in [0.4, 0.5) is 4.39 Å². The van der Waals surface area contributed by atoms with Crippen molar-refractivity contribution < 1.29 is 13.9 Å². The molecule has 0 atom stereocenters. The van der Waals surface area contributed by atoms with Crippen LogP contribution in [-0.4, -0.2) is 37.4 Å². The van der Waals surface area contributed by atoms with E-state index in [1.165, 1.54) is 48.7 Å². The van der Waals surface area contributed by atoms with E-state index in [1.807, 2.05) is 16.7 Å². The van der Waals surface area contributed by atoms with Crippen molar-refractivity contribution in [3.63, 3.8) is 0 Å². The third-order valence-electron chi connectivity index (χ3n) is 6.07. The molecule has 4 aromatic rings. The second kappa shape index (κ2) is 9.66. The number of rotatable bonds is 9. The van der Waals surface area contributed by atoms with E-state index in [2.05, 4.69) is 38.3 Å². The van der Waals surface area contributed by atoms with E-state index >= 15 is 0 Å². The van der Waals surface area contributed by atoms with Crippen LogP contribution in [-0.2, 0) is 13.1 Å². The number of hydrogen-bond acceptors (Lipinski definition) is 8. The van der Waals surface area contributed by atoms with E-state index in [4.69, 9.17) is 16.3 Å². The number of methoxy groups -OCH3 is 1. The second-order valence-electron chi connectivity index (χ2n) is 8.59. The zero-order chi connectivity index (χ0) is 25.2. The van der Waals surface area contributed by atoms with Crippen LogP contribution in [0.5, 0.6) is 5.75 Å². The van der Waals surface area contributed by atoms with Crippen LogP contribution in [0, 0.1) is 5.82 Å². The number of hydrazine groups is 1. The number of aromatic nitrogens is 5. The summed E-state index contributed by atoms with van der Waals surface area (Å²) in [5.74, 6) is 4.82. The Morgan fingerprint density at radius 2 is 2.08 bits per heavy atom. The first-order valence-corrected chi connectivity index (χ1v) is 11.4. The highest BCUT2D eigenvalue weighted by molar-refractivity contribution is 5.91. The molecular formula is C24H26FN9O2. The van der Waals surface area contributed by atoms with Gasteiger partial charge < -0.3 is 25.6 Å². The van der Waals surface area contributed by atoms with Crippen molar-refractivity contribution in [2.75, 3.05) is 7.11 Å². The number of amides is 1. The molecule has 3 heterocycles. The quantitative estimate of drug-likeness (QED) is 0.204. The Bertz CT molecular complexity index is 1460. The molecule has 0 unspecified atom stereocenters. The molecule has 1 aromatic carbocycles. The molecule has 6 N–H and O–H groups in total. The standard InChI is InChI=1S/C24H26FN9O2/c1-36-21-6-5-17(19(26)9-29-27)18(23(21)25)8-28-24(35)20-13-34(32-31-20)12-16-11-33-10-15(14-2-3-14)4-7-22(33)30-16/h4-7,9-11,13-14,29H,2-3,8,12,26-27H2,1H3,(H,28,35)/b19-9-. The summed E-state index contributed by atoms with van der Waals surface area (Å²) in [4.78, 5) is 17.3. The molecule has 1 aliphatic carbocycles. The summed E-state index contributed by atoms with van der Waals surface area (Å²) in [6, 6.07) is 7.17. The summed E-state index contributed by atoms with van der Waals surface area (Å²) in [7, 11) is 1.36. The first-order valence-electron chi connectivity index (χ1n) is 11.4. The van der Waals surface area contributed by atoms with Gasteiger partial charge >= 0.3 is 0 Å². The van der Waals surface area contributed by atoms with Crippen molar-refractivity contribution in [3.05, 3.63) is 83.0 Å². The molecule has 36 heavy (non-hydrogen) atoms. The van der Waals surface area contributed by atoms with Gasteiger partial charge in [0.15, 0.2) is 17.3 Å². The fourth-order valence-corrected chi connectivity index (χ4v) is 4.07. The van der Waals surface area contributed by atoms with Gasteiger partial charge in [0.1, 0.15) is 5.65 Å². The molecule has 1 aliphatic rings. The highest BCUT2D eigenvalue weighted by Crippen LogP contribution is 2.39. The number of nitrogens with one attached hydrogen (secondary N) is 2. The fourth-order valence-electron chi connectivity index (χ4n) is 4.07. The lowest BCUT2D eigenvalue weighted by atomic mass is 10.0. The van der Waals surface area contributed by atoms with Gasteiger partial charge in [-0.25, -0.2) is 14.1 Å². The van der Waals surface area contributed by atoms with Gasteiger partial charge in [0, 0.05) is 36.3 Å². The topological polar surface area (TPSA) is 150 Å². The molecule has 0 aliphatic heterocycles. The van der Waals surface area contributed by atoms with Crippen LogP contribution < -0.4 is 27.1 Å². The summed E-state index contributed by atoms with van der Waals surface area (Å²) >= 11 is 0. The normalized spacial score (nSPS) is 13.7. The molecule has 5 rings (SSSR count). The lowest BCUT2D eigenvalue weighted by Gasteiger charge is -2.14. The predicted molar refractivity (Wildman–Crippen MR) is 130 cm³/mol. The maximum atomic E-state index is 14.9. The van der Waals surface area contributed by atoms with Crippen molar-refractivity contribution in [1.29, 1.82) is 0 Å². The number of carbonyl (C=O) groups is 1. The summed E-state index contributed by atoms with van der Waals surface area (Å²) in [6.07, 6.45) is 9.37. The maximum absolute atomic E-state index is 14.9. The van der Waals surface area contributed by atoms with Crippen molar-refractivity contribution in [3.8, 4) is 5.75 Å². The van der Waals surface area contributed by atoms with Crippen LogP contribution in [0.3, 0.4) is 0 Å². The number of carbonyl (C=O) groups excluding carboxylic acids is 1. The van der Waals surface area contributed by atoms with Crippen LogP contribution >= 0.6 is 0 Å². The van der Waals surface area contributed by atoms with Crippen LogP contribution in [0.25, 0.3) is 11.3 Å². The molecule has 0 spiro atoms. The molecule has 0 saturated heterocycles. The van der Waals surface area contributed by atoms with E-state index in [9.17, 15) is 9.18 Å². The van der Waals surface area contributed by atoms with Crippen LogP contribution in [0.15, 0.2) is 49.1 Å². The average molecular weight is 492 g/mol. The highest BCUT2D eigenvalue weighted by atomic mass is 19.1. The monoisotopic (exact) mass is 491 g/mol. The summed E-state index contributed by atoms with van der Waals surface area (Å²) in [6.45, 7) is 0.196. The Hall–Kier alpha value is -4.45. The number of hydrogen-bond donors (Lipinski definition) is 4. The Balaban J connectivity index is 1.28. The number of halogens is 1. The van der Waals surface area contributed by atoms with Gasteiger partial charge in [-0.15, -0.1) is 5.10 Å². The van der Waals surface area contributed by atoms with Gasteiger partial charge in [0.25, 0.3) is 5.91 Å². The first-order chi connectivity index (χ1) is 17.5. The van der Waals surface area contributed by atoms with Crippen molar-refractivity contribution in [1.82, 2.24) is 35.1 Å². The summed E-state index contributed by atoms with van der Waals surface area (Å²) < 4.78 is 23.5. The third-order valence-corrected chi connectivity index (χ3v) is 6.07. The third kappa shape index (κ3) is 4.70. The van der Waals surface area contributed by atoms with E-state index in [1.54, 1.807) is 6.07 Å². The number of pyridine rings is 1. The molecule has 0 bridgehead atoms. The molecule has 1 saturated carbocycles. The van der Waals surface area contributed by atoms with Crippen molar-refractivity contribution in [2.45, 2.75) is 31.8 Å². The minimum Gasteiger partial charge on any atom is -0.494 e. The molecule has 11 nitrogen and oxygen atoms in total. The number of nitrogens with two attached hydrogens (primary N) is 2. The average Bonchev–Trinajstić information content (AvgIpc) is 3.49. The highest BCUT2D eigenvalue weighted by Gasteiger charge is 2.24. The number of benzene rings is 1. The van der Waals surface area contributed by atoms with E-state index in [0.717, 1.165) is 11.3 Å². The smallest absolute Gasteiger partial charge is 0.273 e. The molecule has 186 valence electrons. The molecule has 1 fully saturated rings. The minimum atomic E-state index is -0.635. The van der Waals surface area contributed by atoms with Gasteiger partial charge in [-0.3, -0.25) is 10.6 Å². The minimum absolute atomic E-state index is 0.0270. The fraction of sp³-hybridized carbons (Fsp3) is 0.250. The zero-order valence-corrected chi connectivity index (χ0v) is 19.6. The van der Waals surface area contributed by atoms with E-state index < -0.39 is 11.7 Å². The Morgan fingerprint density at radius 1 is 1.25 bits per heavy atom. The summed E-state index contributed by atoms with van der Waals surface area (Å²) in [5.41, 5.74) is 12.1. The van der Waals surface area contributed by atoms with Crippen molar-refractivity contribution >= 4 is 17.3 Å². The first kappa shape index (κ1) is 23.3. The van der Waals surface area contributed by atoms with E-state index in [-0.39, 0.29) is 29.2 Å². The molecule has 3 aromatic heterocycles. The van der Waals surface area contributed by atoms with Crippen LogP contribution in [0.2, 0.25) is 0 Å². The van der Waals surface area contributed by atoms with Gasteiger partial charge in [0.05, 0.1) is 31.2 Å². The number of ether oxygens (including phenoxy) is 1. The van der Waals surface area contributed by atoms with E-state index in [0.29, 0.717) is 18.0 Å². The number of nitrogens with zero attached hydrogens (tertiary/aromatic N) is 5. The van der Waals surface area contributed by atoms with Gasteiger partial charge in [-0.2, -0.15) is 0 Å². The molecule has 0 radical (unpaired) electrons. The Labute approximate surface area is 205 Å². The molecule has 12 heteroatoms. The SMILES string of the molecule is COc1ccc(/C(N)=C/NN)c(CNC(=O)c2cn(Cc3cn4cc(C5CC5)ccc4n3)nn2)c1F. The maximum Gasteiger partial charge on any atom is 0.273 e. The second-order valence-corrected chi connectivity index (χ2v) is 8.59.